The van der Waals surface area contributed by atoms with Crippen molar-refractivity contribution in [2.45, 2.75) is 17.9 Å². The highest BCUT2D eigenvalue weighted by molar-refractivity contribution is 7.98. The van der Waals surface area contributed by atoms with Crippen LogP contribution in [0.5, 0.6) is 0 Å². The van der Waals surface area contributed by atoms with Crippen LogP contribution in [0.1, 0.15) is 11.1 Å². The van der Waals surface area contributed by atoms with Crippen LogP contribution in [0.4, 0.5) is 0 Å². The van der Waals surface area contributed by atoms with Gasteiger partial charge in [0, 0.05) is 5.75 Å². The molecule has 0 N–H and O–H groups in total. The van der Waals surface area contributed by atoms with Crippen molar-refractivity contribution in [2.75, 3.05) is 0 Å². The van der Waals surface area contributed by atoms with Crippen molar-refractivity contribution in [1.29, 1.82) is 0 Å². The van der Waals surface area contributed by atoms with Crippen LogP contribution in [0.3, 0.4) is 0 Å². The second-order valence-electron chi connectivity index (χ2n) is 5.74. The number of hydrogen-bond donors (Lipinski definition) is 0. The molecule has 26 heavy (non-hydrogen) atoms. The van der Waals surface area contributed by atoms with E-state index in [-0.39, 0.29) is 0 Å². The first-order valence-corrected chi connectivity index (χ1v) is 9.38. The van der Waals surface area contributed by atoms with Crippen LogP contribution in [0.25, 0.3) is 17.1 Å². The molecule has 2 aromatic carbocycles. The first-order chi connectivity index (χ1) is 12.7. The number of para-hydroxylation sites is 1. The van der Waals surface area contributed by atoms with Gasteiger partial charge in [-0.2, -0.15) is 5.10 Å². The molecule has 5 nitrogen and oxygen atoms in total. The molecule has 0 fully saturated rings. The van der Waals surface area contributed by atoms with Crippen LogP contribution in [-0.2, 0) is 5.75 Å². The molecule has 2 heterocycles. The van der Waals surface area contributed by atoms with Gasteiger partial charge in [0.1, 0.15) is 5.15 Å². The summed E-state index contributed by atoms with van der Waals surface area (Å²) in [5, 5.41) is 13.5. The molecule has 0 spiro atoms. The number of aromatic nitrogens is 4. The molecule has 0 aliphatic carbocycles. The zero-order valence-electron chi connectivity index (χ0n) is 14.0. The second-order valence-corrected chi connectivity index (χ2v) is 7.03. The van der Waals surface area contributed by atoms with Crippen molar-refractivity contribution in [3.63, 3.8) is 0 Å². The maximum atomic E-state index is 6.46. The lowest BCUT2D eigenvalue weighted by Gasteiger charge is -2.02. The molecule has 4 aromatic rings. The first-order valence-electron chi connectivity index (χ1n) is 8.02. The van der Waals surface area contributed by atoms with Crippen molar-refractivity contribution in [3.8, 4) is 17.1 Å². The third kappa shape index (κ3) is 3.52. The summed E-state index contributed by atoms with van der Waals surface area (Å²) in [4.78, 5) is 0. The molecule has 0 unspecified atom stereocenters. The smallest absolute Gasteiger partial charge is 0.277 e. The van der Waals surface area contributed by atoms with Crippen LogP contribution in [0.2, 0.25) is 5.15 Å². The maximum Gasteiger partial charge on any atom is 0.277 e. The Morgan fingerprint density at radius 2 is 1.81 bits per heavy atom. The van der Waals surface area contributed by atoms with E-state index in [0.29, 0.717) is 21.8 Å². The Morgan fingerprint density at radius 3 is 2.58 bits per heavy atom. The predicted molar refractivity (Wildman–Crippen MR) is 103 cm³/mol. The van der Waals surface area contributed by atoms with Crippen LogP contribution in [-0.4, -0.2) is 20.0 Å². The fraction of sp³-hybridized carbons (Fsp3) is 0.105. The van der Waals surface area contributed by atoms with E-state index < -0.39 is 0 Å². The fourth-order valence-corrected chi connectivity index (χ4v) is 3.42. The summed E-state index contributed by atoms with van der Waals surface area (Å²) < 4.78 is 7.39. The van der Waals surface area contributed by atoms with Crippen LogP contribution >= 0.6 is 23.4 Å². The summed E-state index contributed by atoms with van der Waals surface area (Å²) in [6, 6.07) is 18.0. The van der Waals surface area contributed by atoms with Crippen LogP contribution in [0.15, 0.2) is 70.4 Å². The molecule has 2 aromatic heterocycles. The number of hydrogen-bond acceptors (Lipinski definition) is 5. The van der Waals surface area contributed by atoms with E-state index in [9.17, 15) is 0 Å². The molecule has 0 aliphatic rings. The Hall–Kier alpha value is -2.57. The van der Waals surface area contributed by atoms with Crippen molar-refractivity contribution in [1.82, 2.24) is 20.0 Å². The van der Waals surface area contributed by atoms with Gasteiger partial charge in [-0.05, 0) is 24.6 Å². The van der Waals surface area contributed by atoms with Gasteiger partial charge in [-0.25, -0.2) is 4.68 Å². The lowest BCUT2D eigenvalue weighted by atomic mass is 10.2. The molecule has 0 radical (unpaired) electrons. The van der Waals surface area contributed by atoms with Crippen LogP contribution < -0.4 is 0 Å². The minimum Gasteiger partial charge on any atom is -0.411 e. The van der Waals surface area contributed by atoms with E-state index in [1.807, 2.05) is 30.3 Å². The lowest BCUT2D eigenvalue weighted by Crippen LogP contribution is -1.95. The molecule has 0 amide bonds. The predicted octanol–water partition coefficient (Wildman–Crippen LogP) is 5.18. The molecule has 0 atom stereocenters. The highest BCUT2D eigenvalue weighted by atomic mass is 35.5. The molecule has 7 heteroatoms. The molecule has 0 saturated carbocycles. The maximum absolute atomic E-state index is 6.46. The van der Waals surface area contributed by atoms with Gasteiger partial charge in [-0.3, -0.25) is 0 Å². The van der Waals surface area contributed by atoms with Crippen molar-refractivity contribution < 1.29 is 4.42 Å². The van der Waals surface area contributed by atoms with Gasteiger partial charge in [0.05, 0.1) is 17.4 Å². The van der Waals surface area contributed by atoms with E-state index >= 15 is 0 Å². The van der Waals surface area contributed by atoms with Gasteiger partial charge >= 0.3 is 0 Å². The summed E-state index contributed by atoms with van der Waals surface area (Å²) >= 11 is 7.95. The Bertz CT molecular complexity index is 1010. The van der Waals surface area contributed by atoms with Crippen molar-refractivity contribution in [2.24, 2.45) is 0 Å². The van der Waals surface area contributed by atoms with Crippen LogP contribution in [0, 0.1) is 6.92 Å². The third-order valence-corrected chi connectivity index (χ3v) is 5.08. The Balaban J connectivity index is 1.51. The number of nitrogens with zero attached hydrogens (tertiary/aromatic N) is 4. The number of halogens is 1. The molecular formula is C19H15ClN4OS. The third-order valence-electron chi connectivity index (χ3n) is 3.83. The zero-order valence-corrected chi connectivity index (χ0v) is 15.5. The summed E-state index contributed by atoms with van der Waals surface area (Å²) in [5.41, 5.74) is 3.93. The average molecular weight is 383 g/mol. The minimum atomic E-state index is 0.364. The first kappa shape index (κ1) is 16.9. The largest absolute Gasteiger partial charge is 0.411 e. The minimum absolute atomic E-state index is 0.364. The van der Waals surface area contributed by atoms with Crippen molar-refractivity contribution in [3.05, 3.63) is 77.1 Å². The molecule has 0 bridgehead atoms. The second kappa shape index (κ2) is 7.35. The van der Waals surface area contributed by atoms with E-state index in [1.165, 1.54) is 22.9 Å². The Kier molecular flexibility index (Phi) is 4.77. The molecule has 0 aliphatic heterocycles. The monoisotopic (exact) mass is 382 g/mol. The quantitative estimate of drug-likeness (QED) is 0.445. The highest BCUT2D eigenvalue weighted by Gasteiger charge is 2.17. The summed E-state index contributed by atoms with van der Waals surface area (Å²) in [6.07, 6.45) is 1.64. The van der Waals surface area contributed by atoms with Gasteiger partial charge in [0.25, 0.3) is 11.1 Å². The number of aryl methyl sites for hydroxylation is 1. The van der Waals surface area contributed by atoms with Gasteiger partial charge in [-0.15, -0.1) is 10.2 Å². The summed E-state index contributed by atoms with van der Waals surface area (Å²) in [5.74, 6) is 1.13. The number of benzene rings is 2. The average Bonchev–Trinajstić information content (AvgIpc) is 3.28. The van der Waals surface area contributed by atoms with Gasteiger partial charge in [0.2, 0.25) is 0 Å². The van der Waals surface area contributed by atoms with E-state index in [1.54, 1.807) is 10.9 Å². The highest BCUT2D eigenvalue weighted by Crippen LogP contribution is 2.31. The Labute approximate surface area is 160 Å². The van der Waals surface area contributed by atoms with Gasteiger partial charge in [0.15, 0.2) is 0 Å². The lowest BCUT2D eigenvalue weighted by molar-refractivity contribution is 0.466. The van der Waals surface area contributed by atoms with Gasteiger partial charge in [-0.1, -0.05) is 71.4 Å². The standard InChI is InChI=1S/C19H15ClN4OS/c1-13-7-9-14(10-8-13)12-26-19-23-22-18(25-19)16-11-21-24(17(16)20)15-5-3-2-4-6-15/h2-11H,12H2,1H3. The Morgan fingerprint density at radius 1 is 1.04 bits per heavy atom. The topological polar surface area (TPSA) is 56.7 Å². The molecule has 0 saturated heterocycles. The zero-order chi connectivity index (χ0) is 17.9. The van der Waals surface area contributed by atoms with Gasteiger partial charge < -0.3 is 4.42 Å². The SMILES string of the molecule is Cc1ccc(CSc2nnc(-c3cnn(-c4ccccc4)c3Cl)o2)cc1. The molecular weight excluding hydrogens is 368 g/mol. The van der Waals surface area contributed by atoms with E-state index in [2.05, 4.69) is 46.5 Å². The molecule has 130 valence electrons. The number of rotatable bonds is 5. The fourth-order valence-electron chi connectivity index (χ4n) is 2.43. The summed E-state index contributed by atoms with van der Waals surface area (Å²) in [7, 11) is 0. The van der Waals surface area contributed by atoms with Crippen molar-refractivity contribution >= 4 is 23.4 Å². The molecule has 4 rings (SSSR count). The number of thioether (sulfide) groups is 1. The summed E-state index contributed by atoms with van der Waals surface area (Å²) in [6.45, 7) is 2.07. The normalized spacial score (nSPS) is 11.0. The van der Waals surface area contributed by atoms with E-state index in [0.717, 1.165) is 11.4 Å². The van der Waals surface area contributed by atoms with E-state index in [4.69, 9.17) is 16.0 Å².